The van der Waals surface area contributed by atoms with Crippen molar-refractivity contribution in [3.8, 4) is 16.9 Å². The lowest BCUT2D eigenvalue weighted by atomic mass is 10.1. The molecule has 0 spiro atoms. The molecule has 3 heterocycles. The van der Waals surface area contributed by atoms with E-state index in [1.807, 2.05) is 12.1 Å². The molecule has 1 amide bonds. The minimum atomic E-state index is -4.04. The van der Waals surface area contributed by atoms with Crippen molar-refractivity contribution in [2.24, 2.45) is 0 Å². The molecule has 0 bridgehead atoms. The fourth-order valence-corrected chi connectivity index (χ4v) is 4.97. The van der Waals surface area contributed by atoms with Crippen LogP contribution in [0.25, 0.3) is 28.0 Å². The van der Waals surface area contributed by atoms with Crippen LogP contribution < -0.4 is 10.0 Å². The highest BCUT2D eigenvalue weighted by atomic mass is 35.5. The Morgan fingerprint density at radius 3 is 2.49 bits per heavy atom. The molecule has 5 aromatic rings. The number of benzene rings is 2. The van der Waals surface area contributed by atoms with Gasteiger partial charge >= 0.3 is 0 Å². The van der Waals surface area contributed by atoms with Crippen LogP contribution in [0.4, 0.5) is 16.0 Å². The topological polar surface area (TPSA) is 119 Å². The molecule has 0 atom stereocenters. The Morgan fingerprint density at radius 2 is 1.78 bits per heavy atom. The first-order valence-electron chi connectivity index (χ1n) is 10.9. The maximum Gasteiger partial charge on any atom is 0.261 e. The number of pyridine rings is 2. The highest BCUT2D eigenvalue weighted by molar-refractivity contribution is 7.92. The summed E-state index contributed by atoms with van der Waals surface area (Å²) in [6.07, 6.45) is 3.14. The number of hydrogen-bond acceptors (Lipinski definition) is 6. The van der Waals surface area contributed by atoms with Crippen molar-refractivity contribution in [3.05, 3.63) is 90.1 Å². The van der Waals surface area contributed by atoms with Crippen LogP contribution in [0.15, 0.2) is 84.0 Å². The largest absolute Gasteiger partial charge is 0.296 e. The number of rotatable bonds is 6. The molecule has 9 nitrogen and oxygen atoms in total. The van der Waals surface area contributed by atoms with Crippen molar-refractivity contribution < 1.29 is 17.6 Å². The molecule has 0 saturated carbocycles. The van der Waals surface area contributed by atoms with Gasteiger partial charge in [-0.2, -0.15) is 0 Å². The molecule has 5 rings (SSSR count). The fourth-order valence-electron chi connectivity index (χ4n) is 3.71. The van der Waals surface area contributed by atoms with Gasteiger partial charge in [0.1, 0.15) is 11.6 Å². The highest BCUT2D eigenvalue weighted by Gasteiger charge is 2.19. The summed E-state index contributed by atoms with van der Waals surface area (Å²) in [5.41, 5.74) is 2.57. The van der Waals surface area contributed by atoms with Crippen LogP contribution in [-0.2, 0) is 14.8 Å². The van der Waals surface area contributed by atoms with Crippen LogP contribution in [0.1, 0.15) is 6.92 Å². The van der Waals surface area contributed by atoms with Gasteiger partial charge in [-0.15, -0.1) is 0 Å². The number of nitrogens with zero attached hydrogens (tertiary/aromatic N) is 4. The quantitative estimate of drug-likeness (QED) is 0.294. The van der Waals surface area contributed by atoms with Crippen LogP contribution in [0.3, 0.4) is 0 Å². The zero-order chi connectivity index (χ0) is 26.2. The number of imidazole rings is 1. The lowest BCUT2D eigenvalue weighted by Gasteiger charge is -2.12. The predicted molar refractivity (Wildman–Crippen MR) is 139 cm³/mol. The molecule has 0 aliphatic rings. The van der Waals surface area contributed by atoms with Crippen molar-refractivity contribution in [3.63, 3.8) is 0 Å². The van der Waals surface area contributed by atoms with Gasteiger partial charge in [0.15, 0.2) is 5.15 Å². The summed E-state index contributed by atoms with van der Waals surface area (Å²) in [7, 11) is -4.04. The van der Waals surface area contributed by atoms with E-state index in [0.29, 0.717) is 33.9 Å². The number of hydrogen-bond donors (Lipinski definition) is 2. The minimum Gasteiger partial charge on any atom is -0.296 e. The predicted octanol–water partition coefficient (Wildman–Crippen LogP) is 5.03. The highest BCUT2D eigenvalue weighted by Crippen LogP contribution is 2.32. The lowest BCUT2D eigenvalue weighted by Crippen LogP contribution is -2.13. The Morgan fingerprint density at radius 1 is 1.00 bits per heavy atom. The number of nitrogens with one attached hydrogen (secondary N) is 2. The monoisotopic (exact) mass is 536 g/mol. The number of amides is 1. The zero-order valence-corrected chi connectivity index (χ0v) is 20.8. The summed E-state index contributed by atoms with van der Waals surface area (Å²) in [5.74, 6) is 0.0172. The van der Waals surface area contributed by atoms with E-state index in [2.05, 4.69) is 25.0 Å². The molecule has 0 saturated heterocycles. The van der Waals surface area contributed by atoms with E-state index in [0.717, 1.165) is 24.3 Å². The van der Waals surface area contributed by atoms with E-state index in [-0.39, 0.29) is 21.6 Å². The molecular weight excluding hydrogens is 519 g/mol. The zero-order valence-electron chi connectivity index (χ0n) is 19.2. The third-order valence-electron chi connectivity index (χ3n) is 5.36. The van der Waals surface area contributed by atoms with Gasteiger partial charge in [0, 0.05) is 24.9 Å². The summed E-state index contributed by atoms with van der Waals surface area (Å²) in [6, 6.07) is 16.7. The van der Waals surface area contributed by atoms with Gasteiger partial charge in [-0.25, -0.2) is 27.8 Å². The second-order valence-electron chi connectivity index (χ2n) is 7.97. The normalized spacial score (nSPS) is 11.4. The Balaban J connectivity index is 1.58. The van der Waals surface area contributed by atoms with Gasteiger partial charge in [0.05, 0.1) is 21.6 Å². The minimum absolute atomic E-state index is 0.0537. The van der Waals surface area contributed by atoms with Gasteiger partial charge < -0.3 is 0 Å². The van der Waals surface area contributed by atoms with Crippen molar-refractivity contribution in [2.45, 2.75) is 11.8 Å². The first-order chi connectivity index (χ1) is 17.7. The van der Waals surface area contributed by atoms with Crippen LogP contribution in [-0.4, -0.2) is 33.8 Å². The Bertz CT molecular complexity index is 1740. The first kappa shape index (κ1) is 24.3. The average molecular weight is 537 g/mol. The number of aromatic nitrogens is 4. The second-order valence-corrected chi connectivity index (χ2v) is 10.0. The van der Waals surface area contributed by atoms with Gasteiger partial charge in [-0.1, -0.05) is 23.7 Å². The smallest absolute Gasteiger partial charge is 0.261 e. The maximum atomic E-state index is 13.2. The van der Waals surface area contributed by atoms with Crippen molar-refractivity contribution in [1.29, 1.82) is 0 Å². The molecule has 0 unspecified atom stereocenters. The summed E-state index contributed by atoms with van der Waals surface area (Å²) < 4.78 is 43.0. The first-order valence-corrected chi connectivity index (χ1v) is 12.7. The third kappa shape index (κ3) is 4.99. The van der Waals surface area contributed by atoms with E-state index < -0.39 is 15.8 Å². The third-order valence-corrected chi connectivity index (χ3v) is 7.04. The molecule has 12 heteroatoms. The molecule has 0 aliphatic carbocycles. The van der Waals surface area contributed by atoms with Crippen LogP contribution in [0.2, 0.25) is 5.15 Å². The van der Waals surface area contributed by atoms with Gasteiger partial charge in [-0.05, 0) is 60.2 Å². The van der Waals surface area contributed by atoms with Crippen molar-refractivity contribution >= 4 is 50.2 Å². The molecule has 37 heavy (non-hydrogen) atoms. The molecule has 3 aromatic heterocycles. The van der Waals surface area contributed by atoms with E-state index in [1.54, 1.807) is 41.1 Å². The Hall–Kier alpha value is -4.35. The summed E-state index contributed by atoms with van der Waals surface area (Å²) in [4.78, 5) is 24.7. The van der Waals surface area contributed by atoms with Crippen LogP contribution in [0, 0.1) is 5.82 Å². The summed E-state index contributed by atoms with van der Waals surface area (Å²) in [5, 5.41) is 2.67. The molecule has 0 fully saturated rings. The molecule has 0 aliphatic heterocycles. The van der Waals surface area contributed by atoms with Gasteiger partial charge in [0.25, 0.3) is 10.0 Å². The molecule has 0 radical (unpaired) electrons. The summed E-state index contributed by atoms with van der Waals surface area (Å²) in [6.45, 7) is 1.39. The Kier molecular flexibility index (Phi) is 6.32. The van der Waals surface area contributed by atoms with Crippen molar-refractivity contribution in [2.75, 3.05) is 10.0 Å². The molecule has 186 valence electrons. The standard InChI is InChI=1S/C25H18ClFN6O3S/c1-15(34)30-25-31-20-10-5-16(13-22(20)33(25)23-4-2-3-11-28-23)17-12-21(24(26)29-14-17)32-37(35,36)19-8-6-18(27)7-9-19/h2-14,32H,1H3,(H,30,31,34). The number of fused-ring (bicyclic) bond motifs is 1. The average Bonchev–Trinajstić information content (AvgIpc) is 3.22. The SMILES string of the molecule is CC(=O)Nc1nc2ccc(-c3cnc(Cl)c(NS(=O)(=O)c4ccc(F)cc4)c3)cc2n1-c1ccccn1. The lowest BCUT2D eigenvalue weighted by molar-refractivity contribution is -0.114. The van der Waals surface area contributed by atoms with Gasteiger partial charge in [0.2, 0.25) is 11.9 Å². The number of carbonyl (C=O) groups is 1. The van der Waals surface area contributed by atoms with E-state index in [4.69, 9.17) is 11.6 Å². The van der Waals surface area contributed by atoms with E-state index >= 15 is 0 Å². The van der Waals surface area contributed by atoms with Crippen LogP contribution >= 0.6 is 11.6 Å². The maximum absolute atomic E-state index is 13.2. The number of carbonyl (C=O) groups excluding carboxylic acids is 1. The summed E-state index contributed by atoms with van der Waals surface area (Å²) >= 11 is 6.19. The van der Waals surface area contributed by atoms with E-state index in [9.17, 15) is 17.6 Å². The fraction of sp³-hybridized carbons (Fsp3) is 0.0400. The number of anilines is 2. The second kappa shape index (κ2) is 9.60. The van der Waals surface area contributed by atoms with Gasteiger partial charge in [-0.3, -0.25) is 19.4 Å². The van der Waals surface area contributed by atoms with E-state index in [1.165, 1.54) is 13.1 Å². The Labute approximate surface area is 216 Å². The van der Waals surface area contributed by atoms with Crippen LogP contribution in [0.5, 0.6) is 0 Å². The molecule has 2 aromatic carbocycles. The number of halogens is 2. The molecular formula is C25H18ClFN6O3S. The number of sulfonamides is 1. The molecule has 2 N–H and O–H groups in total. The van der Waals surface area contributed by atoms with Crippen molar-refractivity contribution in [1.82, 2.24) is 19.5 Å².